The molecule has 3 rings (SSSR count). The van der Waals surface area contributed by atoms with Crippen LogP contribution >= 0.6 is 11.3 Å². The Morgan fingerprint density at radius 2 is 2.20 bits per heavy atom. The lowest BCUT2D eigenvalue weighted by Gasteiger charge is -1.89. The van der Waals surface area contributed by atoms with Gasteiger partial charge in [-0.25, -0.2) is 4.98 Å². The molecule has 0 aliphatic carbocycles. The van der Waals surface area contributed by atoms with E-state index in [4.69, 9.17) is 10.2 Å². The molecule has 0 saturated heterocycles. The Hall–Kier alpha value is -1.81. The van der Waals surface area contributed by atoms with Crippen molar-refractivity contribution in [2.45, 2.75) is 0 Å². The SMILES string of the molecule is Nc1ccc2nc(-c3ccco3)sc2c1. The van der Waals surface area contributed by atoms with Gasteiger partial charge in [-0.05, 0) is 30.3 Å². The number of fused-ring (bicyclic) bond motifs is 1. The molecule has 0 aliphatic rings. The predicted molar refractivity (Wildman–Crippen MR) is 61.7 cm³/mol. The van der Waals surface area contributed by atoms with Gasteiger partial charge >= 0.3 is 0 Å². The third-order valence-electron chi connectivity index (χ3n) is 2.14. The Labute approximate surface area is 90.2 Å². The van der Waals surface area contributed by atoms with Gasteiger partial charge in [0.2, 0.25) is 0 Å². The number of anilines is 1. The fourth-order valence-electron chi connectivity index (χ4n) is 1.45. The maximum absolute atomic E-state index is 5.71. The van der Waals surface area contributed by atoms with E-state index >= 15 is 0 Å². The van der Waals surface area contributed by atoms with Crippen LogP contribution in [-0.2, 0) is 0 Å². The quantitative estimate of drug-likeness (QED) is 0.636. The number of aromatic nitrogens is 1. The first-order valence-corrected chi connectivity index (χ1v) is 5.34. The second-order valence-corrected chi connectivity index (χ2v) is 4.25. The third kappa shape index (κ3) is 1.39. The number of furan rings is 1. The molecule has 0 amide bonds. The Morgan fingerprint density at radius 3 is 3.00 bits per heavy atom. The summed E-state index contributed by atoms with van der Waals surface area (Å²) in [5.41, 5.74) is 7.43. The summed E-state index contributed by atoms with van der Waals surface area (Å²) in [6.45, 7) is 0. The fraction of sp³-hybridized carbons (Fsp3) is 0. The molecule has 0 spiro atoms. The highest BCUT2D eigenvalue weighted by atomic mass is 32.1. The number of rotatable bonds is 1. The predicted octanol–water partition coefficient (Wildman–Crippen LogP) is 3.14. The maximum Gasteiger partial charge on any atom is 0.162 e. The van der Waals surface area contributed by atoms with E-state index in [0.717, 1.165) is 26.7 Å². The molecule has 0 aliphatic heterocycles. The van der Waals surface area contributed by atoms with Gasteiger partial charge in [0.1, 0.15) is 0 Å². The van der Waals surface area contributed by atoms with Gasteiger partial charge in [-0.3, -0.25) is 0 Å². The van der Waals surface area contributed by atoms with Crippen LogP contribution in [0.15, 0.2) is 41.0 Å². The summed E-state index contributed by atoms with van der Waals surface area (Å²) in [5, 5.41) is 0.889. The molecule has 74 valence electrons. The van der Waals surface area contributed by atoms with Crippen molar-refractivity contribution in [3.63, 3.8) is 0 Å². The van der Waals surface area contributed by atoms with Gasteiger partial charge in [-0.1, -0.05) is 0 Å². The van der Waals surface area contributed by atoms with Crippen molar-refractivity contribution in [1.82, 2.24) is 4.98 Å². The number of thiazole rings is 1. The molecule has 2 N–H and O–H groups in total. The number of nitrogens with two attached hydrogens (primary N) is 1. The molecule has 1 aromatic carbocycles. The maximum atomic E-state index is 5.71. The monoisotopic (exact) mass is 216 g/mol. The Bertz CT molecular complexity index is 598. The zero-order valence-electron chi connectivity index (χ0n) is 7.81. The van der Waals surface area contributed by atoms with Crippen LogP contribution in [0.5, 0.6) is 0 Å². The second-order valence-electron chi connectivity index (χ2n) is 3.22. The van der Waals surface area contributed by atoms with Crippen molar-refractivity contribution >= 4 is 27.2 Å². The summed E-state index contributed by atoms with van der Waals surface area (Å²) in [6.07, 6.45) is 1.65. The van der Waals surface area contributed by atoms with Crippen LogP contribution in [0.2, 0.25) is 0 Å². The van der Waals surface area contributed by atoms with Gasteiger partial charge in [0.15, 0.2) is 10.8 Å². The van der Waals surface area contributed by atoms with Crippen LogP contribution < -0.4 is 5.73 Å². The van der Waals surface area contributed by atoms with E-state index in [-0.39, 0.29) is 0 Å². The molecule has 2 heterocycles. The number of nitrogens with zero attached hydrogens (tertiary/aromatic N) is 1. The molecule has 4 heteroatoms. The van der Waals surface area contributed by atoms with E-state index in [1.54, 1.807) is 17.6 Å². The average molecular weight is 216 g/mol. The number of nitrogen functional groups attached to an aromatic ring is 1. The Morgan fingerprint density at radius 1 is 1.27 bits per heavy atom. The van der Waals surface area contributed by atoms with Crippen LogP contribution in [0.4, 0.5) is 5.69 Å². The minimum atomic E-state index is 0.761. The van der Waals surface area contributed by atoms with E-state index < -0.39 is 0 Å². The lowest BCUT2D eigenvalue weighted by Crippen LogP contribution is -1.81. The molecule has 15 heavy (non-hydrogen) atoms. The summed E-state index contributed by atoms with van der Waals surface area (Å²) in [6, 6.07) is 9.47. The van der Waals surface area contributed by atoms with Crippen LogP contribution in [0.25, 0.3) is 21.0 Å². The summed E-state index contributed by atoms with van der Waals surface area (Å²) in [4.78, 5) is 4.47. The first-order valence-electron chi connectivity index (χ1n) is 4.53. The zero-order valence-corrected chi connectivity index (χ0v) is 8.62. The lowest BCUT2D eigenvalue weighted by atomic mass is 10.3. The first kappa shape index (κ1) is 8.49. The van der Waals surface area contributed by atoms with Crippen LogP contribution in [0.3, 0.4) is 0 Å². The van der Waals surface area contributed by atoms with E-state index in [1.807, 2.05) is 30.3 Å². The van der Waals surface area contributed by atoms with Gasteiger partial charge in [-0.15, -0.1) is 11.3 Å². The molecule has 2 aromatic heterocycles. The third-order valence-corrected chi connectivity index (χ3v) is 3.18. The molecule has 0 atom stereocenters. The molecule has 0 unspecified atom stereocenters. The number of hydrogen-bond donors (Lipinski definition) is 1. The molecule has 0 saturated carbocycles. The van der Waals surface area contributed by atoms with E-state index in [1.165, 1.54) is 0 Å². The van der Waals surface area contributed by atoms with Crippen molar-refractivity contribution in [2.24, 2.45) is 0 Å². The van der Waals surface area contributed by atoms with Gasteiger partial charge in [0.05, 0.1) is 16.5 Å². The van der Waals surface area contributed by atoms with Crippen molar-refractivity contribution in [3.8, 4) is 10.8 Å². The minimum absolute atomic E-state index is 0.761. The van der Waals surface area contributed by atoms with Gasteiger partial charge in [0.25, 0.3) is 0 Å². The van der Waals surface area contributed by atoms with Crippen LogP contribution in [-0.4, -0.2) is 4.98 Å². The number of benzene rings is 1. The molecular weight excluding hydrogens is 208 g/mol. The van der Waals surface area contributed by atoms with Crippen molar-refractivity contribution in [2.75, 3.05) is 5.73 Å². The van der Waals surface area contributed by atoms with Crippen molar-refractivity contribution < 1.29 is 4.42 Å². The van der Waals surface area contributed by atoms with E-state index in [2.05, 4.69) is 4.98 Å². The summed E-state index contributed by atoms with van der Waals surface area (Å²) in [5.74, 6) is 0.801. The smallest absolute Gasteiger partial charge is 0.162 e. The highest BCUT2D eigenvalue weighted by Gasteiger charge is 2.07. The first-order chi connectivity index (χ1) is 7.33. The largest absolute Gasteiger partial charge is 0.462 e. The Kier molecular flexibility index (Phi) is 1.76. The second kappa shape index (κ2) is 3.10. The minimum Gasteiger partial charge on any atom is -0.462 e. The molecule has 0 fully saturated rings. The molecule has 0 bridgehead atoms. The topological polar surface area (TPSA) is 52.0 Å². The summed E-state index contributed by atoms with van der Waals surface area (Å²) >= 11 is 1.58. The Balaban J connectivity index is 2.22. The van der Waals surface area contributed by atoms with Crippen molar-refractivity contribution in [1.29, 1.82) is 0 Å². The van der Waals surface area contributed by atoms with Crippen LogP contribution in [0, 0.1) is 0 Å². The van der Waals surface area contributed by atoms with Crippen LogP contribution in [0.1, 0.15) is 0 Å². The number of hydrogen-bond acceptors (Lipinski definition) is 4. The zero-order chi connectivity index (χ0) is 10.3. The summed E-state index contributed by atoms with van der Waals surface area (Å²) < 4.78 is 6.38. The highest BCUT2D eigenvalue weighted by molar-refractivity contribution is 7.21. The highest BCUT2D eigenvalue weighted by Crippen LogP contribution is 2.31. The fourth-order valence-corrected chi connectivity index (χ4v) is 2.43. The van der Waals surface area contributed by atoms with Crippen molar-refractivity contribution in [3.05, 3.63) is 36.6 Å². The lowest BCUT2D eigenvalue weighted by molar-refractivity contribution is 0.582. The van der Waals surface area contributed by atoms with Gasteiger partial charge in [0, 0.05) is 5.69 Å². The molecule has 0 radical (unpaired) electrons. The summed E-state index contributed by atoms with van der Waals surface area (Å²) in [7, 11) is 0. The molecule has 3 nitrogen and oxygen atoms in total. The average Bonchev–Trinajstić information content (AvgIpc) is 2.84. The molecular formula is C11H8N2OS. The standard InChI is InChI=1S/C11H8N2OS/c12-7-3-4-8-10(6-7)15-11(13-8)9-2-1-5-14-9/h1-6H,12H2. The normalized spacial score (nSPS) is 10.9. The van der Waals surface area contributed by atoms with E-state index in [9.17, 15) is 0 Å². The molecule has 3 aromatic rings. The van der Waals surface area contributed by atoms with E-state index in [0.29, 0.717) is 0 Å². The van der Waals surface area contributed by atoms with Gasteiger partial charge in [-0.2, -0.15) is 0 Å². The van der Waals surface area contributed by atoms with Gasteiger partial charge < -0.3 is 10.2 Å².